The molecule has 0 spiro atoms. The van der Waals surface area contributed by atoms with E-state index in [2.05, 4.69) is 0 Å². The predicted molar refractivity (Wildman–Crippen MR) is 123 cm³/mol. The summed E-state index contributed by atoms with van der Waals surface area (Å²) in [6.07, 6.45) is 1.72. The van der Waals surface area contributed by atoms with Gasteiger partial charge in [0.15, 0.2) is 0 Å². The molecule has 2 aromatic rings. The first kappa shape index (κ1) is 21.9. The molecule has 4 rings (SSSR count). The quantitative estimate of drug-likeness (QED) is 0.680. The summed E-state index contributed by atoms with van der Waals surface area (Å²) in [5, 5.41) is 10.4. The second kappa shape index (κ2) is 8.65. The van der Waals surface area contributed by atoms with Gasteiger partial charge in [-0.25, -0.2) is 4.90 Å². The highest BCUT2D eigenvalue weighted by Crippen LogP contribution is 2.39. The lowest BCUT2D eigenvalue weighted by Gasteiger charge is -2.34. The fraction of sp³-hybridized carbons (Fsp3) is 0.333. The van der Waals surface area contributed by atoms with Gasteiger partial charge in [-0.2, -0.15) is 0 Å². The Labute approximate surface area is 191 Å². The van der Waals surface area contributed by atoms with Gasteiger partial charge in [0.2, 0.25) is 0 Å². The van der Waals surface area contributed by atoms with Crippen LogP contribution in [-0.2, 0) is 9.59 Å². The molecule has 2 aromatic carbocycles. The molecule has 1 atom stereocenters. The van der Waals surface area contributed by atoms with Crippen molar-refractivity contribution >= 4 is 46.3 Å². The van der Waals surface area contributed by atoms with E-state index in [0.717, 1.165) is 24.0 Å². The molecule has 162 valence electrons. The van der Waals surface area contributed by atoms with Crippen molar-refractivity contribution in [1.29, 1.82) is 0 Å². The highest BCUT2D eigenvalue weighted by Gasteiger charge is 2.44. The molecule has 5 nitrogen and oxygen atoms in total. The van der Waals surface area contributed by atoms with Gasteiger partial charge in [0.1, 0.15) is 5.70 Å². The number of halogens is 2. The monoisotopic (exact) mass is 458 g/mol. The molecule has 1 N–H and O–H groups in total. The number of anilines is 1. The number of likely N-dealkylation sites (tertiary alicyclic amines) is 1. The molecule has 2 amide bonds. The van der Waals surface area contributed by atoms with Crippen LogP contribution in [0, 0.1) is 19.8 Å². The van der Waals surface area contributed by atoms with Crippen LogP contribution in [-0.4, -0.2) is 41.5 Å². The molecule has 1 fully saturated rings. The second-order valence-corrected chi connectivity index (χ2v) is 9.04. The number of aryl methyl sites for hydroxylation is 2. The van der Waals surface area contributed by atoms with Crippen LogP contribution in [0.25, 0.3) is 5.57 Å². The van der Waals surface area contributed by atoms with Gasteiger partial charge in [0.05, 0.1) is 16.3 Å². The van der Waals surface area contributed by atoms with Crippen molar-refractivity contribution in [2.75, 3.05) is 24.6 Å². The summed E-state index contributed by atoms with van der Waals surface area (Å²) >= 11 is 12.5. The summed E-state index contributed by atoms with van der Waals surface area (Å²) in [6.45, 7) is 5.13. The number of piperidine rings is 1. The van der Waals surface area contributed by atoms with Crippen LogP contribution in [0.2, 0.25) is 10.0 Å². The number of rotatable bonds is 4. The fourth-order valence-corrected chi connectivity index (χ4v) is 4.77. The van der Waals surface area contributed by atoms with Crippen LogP contribution in [0.5, 0.6) is 0 Å². The van der Waals surface area contributed by atoms with Gasteiger partial charge in [0, 0.05) is 30.3 Å². The Morgan fingerprint density at radius 2 is 1.81 bits per heavy atom. The minimum Gasteiger partial charge on any atom is -0.396 e. The summed E-state index contributed by atoms with van der Waals surface area (Å²) in [5.74, 6) is -0.715. The SMILES string of the molecule is Cc1ccc(N2C(=O)C(c3ccc(Cl)cc3Cl)=C(N3CCCC(CO)C3)C2=O)cc1C. The number of hydrogen-bond donors (Lipinski definition) is 1. The number of aliphatic hydroxyl groups is 1. The molecule has 0 radical (unpaired) electrons. The van der Waals surface area contributed by atoms with Crippen molar-refractivity contribution in [1.82, 2.24) is 4.90 Å². The summed E-state index contributed by atoms with van der Waals surface area (Å²) in [5.41, 5.74) is 3.71. The average molecular weight is 459 g/mol. The van der Waals surface area contributed by atoms with Gasteiger partial charge in [-0.15, -0.1) is 0 Å². The second-order valence-electron chi connectivity index (χ2n) is 8.20. The Kier molecular flexibility index (Phi) is 6.11. The summed E-state index contributed by atoms with van der Waals surface area (Å²) in [6, 6.07) is 10.5. The highest BCUT2D eigenvalue weighted by atomic mass is 35.5. The van der Waals surface area contributed by atoms with E-state index < -0.39 is 5.91 Å². The van der Waals surface area contributed by atoms with Crippen molar-refractivity contribution in [3.8, 4) is 0 Å². The molecular weight excluding hydrogens is 435 g/mol. The summed E-state index contributed by atoms with van der Waals surface area (Å²) in [4.78, 5) is 30.4. The molecule has 2 aliphatic rings. The largest absolute Gasteiger partial charge is 0.396 e. The molecule has 7 heteroatoms. The molecule has 0 aliphatic carbocycles. The van der Waals surface area contributed by atoms with Gasteiger partial charge in [-0.1, -0.05) is 35.3 Å². The zero-order valence-electron chi connectivity index (χ0n) is 17.5. The molecule has 0 saturated carbocycles. The Morgan fingerprint density at radius 1 is 1.03 bits per heavy atom. The Balaban J connectivity index is 1.85. The van der Waals surface area contributed by atoms with E-state index in [1.54, 1.807) is 24.3 Å². The van der Waals surface area contributed by atoms with Crippen LogP contribution < -0.4 is 4.90 Å². The van der Waals surface area contributed by atoms with E-state index in [0.29, 0.717) is 40.1 Å². The summed E-state index contributed by atoms with van der Waals surface area (Å²) < 4.78 is 0. The fourth-order valence-electron chi connectivity index (χ4n) is 4.26. The van der Waals surface area contributed by atoms with Gasteiger partial charge in [-0.3, -0.25) is 9.59 Å². The minimum atomic E-state index is -0.404. The van der Waals surface area contributed by atoms with Crippen LogP contribution >= 0.6 is 23.2 Å². The number of nitrogens with zero attached hydrogens (tertiary/aromatic N) is 2. The number of imide groups is 1. The molecule has 0 aromatic heterocycles. The first-order valence-corrected chi connectivity index (χ1v) is 11.1. The zero-order chi connectivity index (χ0) is 22.3. The molecular formula is C24H24Cl2N2O3. The lowest BCUT2D eigenvalue weighted by molar-refractivity contribution is -0.120. The maximum atomic E-state index is 13.6. The molecule has 2 heterocycles. The predicted octanol–water partition coefficient (Wildman–Crippen LogP) is 4.60. The van der Waals surface area contributed by atoms with Gasteiger partial charge in [0.25, 0.3) is 11.8 Å². The molecule has 1 unspecified atom stereocenters. The van der Waals surface area contributed by atoms with Crippen LogP contribution in [0.15, 0.2) is 42.1 Å². The number of aliphatic hydroxyl groups excluding tert-OH is 1. The normalized spacial score (nSPS) is 19.6. The van der Waals surface area contributed by atoms with E-state index in [4.69, 9.17) is 23.2 Å². The third kappa shape index (κ3) is 3.98. The van der Waals surface area contributed by atoms with Crippen LogP contribution in [0.3, 0.4) is 0 Å². The minimum absolute atomic E-state index is 0.0455. The Morgan fingerprint density at radius 3 is 2.48 bits per heavy atom. The number of amides is 2. The lowest BCUT2D eigenvalue weighted by atomic mass is 9.97. The topological polar surface area (TPSA) is 60.9 Å². The number of carbonyl (C=O) groups is 2. The standard InChI is InChI=1S/C24H24Cl2N2O3/c1-14-5-7-18(10-15(14)2)28-23(30)21(19-8-6-17(25)11-20(19)26)22(24(28)31)27-9-3-4-16(12-27)13-29/h5-8,10-11,16,29H,3-4,9,12-13H2,1-2H3. The Bertz CT molecular complexity index is 1100. The summed E-state index contributed by atoms with van der Waals surface area (Å²) in [7, 11) is 0. The Hall–Kier alpha value is -2.34. The van der Waals surface area contributed by atoms with Crippen molar-refractivity contribution in [3.63, 3.8) is 0 Å². The highest BCUT2D eigenvalue weighted by molar-refractivity contribution is 6.47. The van der Waals surface area contributed by atoms with E-state index in [9.17, 15) is 14.7 Å². The van der Waals surface area contributed by atoms with Gasteiger partial charge in [-0.05, 0) is 68.0 Å². The first-order chi connectivity index (χ1) is 14.8. The maximum Gasteiger partial charge on any atom is 0.282 e. The number of benzene rings is 2. The average Bonchev–Trinajstić information content (AvgIpc) is 3.00. The van der Waals surface area contributed by atoms with Gasteiger partial charge < -0.3 is 10.0 Å². The zero-order valence-corrected chi connectivity index (χ0v) is 19.0. The van der Waals surface area contributed by atoms with E-state index in [-0.39, 0.29) is 24.0 Å². The van der Waals surface area contributed by atoms with Crippen LogP contribution in [0.1, 0.15) is 29.5 Å². The first-order valence-electron chi connectivity index (χ1n) is 10.3. The lowest BCUT2D eigenvalue weighted by Crippen LogP contribution is -2.40. The van der Waals surface area contributed by atoms with Crippen LogP contribution in [0.4, 0.5) is 5.69 Å². The third-order valence-corrected chi connectivity index (χ3v) is 6.65. The number of hydrogen-bond acceptors (Lipinski definition) is 4. The molecule has 0 bridgehead atoms. The van der Waals surface area contributed by atoms with Gasteiger partial charge >= 0.3 is 0 Å². The number of carbonyl (C=O) groups excluding carboxylic acids is 2. The molecule has 2 aliphatic heterocycles. The maximum absolute atomic E-state index is 13.6. The van der Waals surface area contributed by atoms with Crippen molar-refractivity contribution < 1.29 is 14.7 Å². The van der Waals surface area contributed by atoms with Crippen molar-refractivity contribution in [3.05, 3.63) is 68.8 Å². The van der Waals surface area contributed by atoms with E-state index in [1.807, 2.05) is 30.9 Å². The van der Waals surface area contributed by atoms with Crippen molar-refractivity contribution in [2.45, 2.75) is 26.7 Å². The van der Waals surface area contributed by atoms with E-state index >= 15 is 0 Å². The molecule has 31 heavy (non-hydrogen) atoms. The smallest absolute Gasteiger partial charge is 0.282 e. The van der Waals surface area contributed by atoms with E-state index in [1.165, 1.54) is 4.90 Å². The molecule has 1 saturated heterocycles. The van der Waals surface area contributed by atoms with Crippen molar-refractivity contribution in [2.24, 2.45) is 5.92 Å². The third-order valence-electron chi connectivity index (χ3n) is 6.10.